The molecule has 3 aromatic rings. The van der Waals surface area contributed by atoms with Gasteiger partial charge in [0.25, 0.3) is 0 Å². The van der Waals surface area contributed by atoms with Crippen LogP contribution in [0.5, 0.6) is 5.75 Å². The molecule has 1 N–H and O–H groups in total. The molecule has 0 spiro atoms. The lowest BCUT2D eigenvalue weighted by molar-refractivity contribution is -0.113. The fourth-order valence-electron chi connectivity index (χ4n) is 3.85. The molecule has 1 aromatic heterocycles. The maximum Gasteiger partial charge on any atom is 0.234 e. The highest BCUT2D eigenvalue weighted by Crippen LogP contribution is 2.29. The van der Waals surface area contributed by atoms with Gasteiger partial charge in [-0.15, -0.1) is 0 Å². The largest absolute Gasteiger partial charge is 0.495 e. The van der Waals surface area contributed by atoms with Crippen molar-refractivity contribution in [1.29, 1.82) is 0 Å². The molecule has 1 aliphatic heterocycles. The van der Waals surface area contributed by atoms with Gasteiger partial charge in [-0.3, -0.25) is 4.79 Å². The number of methoxy groups -OCH3 is 1. The molecule has 172 valence electrons. The van der Waals surface area contributed by atoms with E-state index in [-0.39, 0.29) is 11.7 Å². The summed E-state index contributed by atoms with van der Waals surface area (Å²) in [4.78, 5) is 26.1. The number of hydrogen-bond donors (Lipinski definition) is 1. The fraction of sp³-hybridized carbons (Fsp3) is 0.320. The van der Waals surface area contributed by atoms with Crippen LogP contribution >= 0.6 is 11.8 Å². The van der Waals surface area contributed by atoms with Gasteiger partial charge >= 0.3 is 0 Å². The fourth-order valence-corrected chi connectivity index (χ4v) is 4.47. The first-order valence-corrected chi connectivity index (χ1v) is 12.0. The predicted molar refractivity (Wildman–Crippen MR) is 135 cm³/mol. The van der Waals surface area contributed by atoms with Crippen LogP contribution in [0.25, 0.3) is 0 Å². The van der Waals surface area contributed by atoms with E-state index in [0.717, 1.165) is 60.2 Å². The van der Waals surface area contributed by atoms with E-state index in [1.54, 1.807) is 13.3 Å². The first-order valence-electron chi connectivity index (χ1n) is 11.0. The van der Waals surface area contributed by atoms with Gasteiger partial charge in [0, 0.05) is 38.1 Å². The molecule has 2 heterocycles. The van der Waals surface area contributed by atoms with E-state index in [1.807, 2.05) is 56.3 Å². The number of para-hydroxylation sites is 2. The van der Waals surface area contributed by atoms with E-state index >= 15 is 0 Å². The van der Waals surface area contributed by atoms with Crippen molar-refractivity contribution < 1.29 is 9.53 Å². The summed E-state index contributed by atoms with van der Waals surface area (Å²) < 4.78 is 5.51. The molecule has 33 heavy (non-hydrogen) atoms. The number of ether oxygens (including phenoxy) is 1. The van der Waals surface area contributed by atoms with Crippen LogP contribution < -0.4 is 19.9 Å². The van der Waals surface area contributed by atoms with Crippen molar-refractivity contribution in [2.75, 3.05) is 54.2 Å². The van der Waals surface area contributed by atoms with Crippen LogP contribution in [-0.4, -0.2) is 54.9 Å². The zero-order chi connectivity index (χ0) is 23.2. The van der Waals surface area contributed by atoms with Crippen LogP contribution in [0, 0.1) is 13.8 Å². The molecule has 1 aliphatic rings. The minimum Gasteiger partial charge on any atom is -0.495 e. The molecule has 1 saturated heterocycles. The Morgan fingerprint density at radius 3 is 2.58 bits per heavy atom. The predicted octanol–water partition coefficient (Wildman–Crippen LogP) is 4.16. The normalized spacial score (nSPS) is 13.7. The second-order valence-corrected chi connectivity index (χ2v) is 8.87. The van der Waals surface area contributed by atoms with Crippen molar-refractivity contribution in [3.8, 4) is 5.75 Å². The zero-order valence-corrected chi connectivity index (χ0v) is 20.1. The van der Waals surface area contributed by atoms with Gasteiger partial charge in [0.2, 0.25) is 5.91 Å². The minimum atomic E-state index is -0.0619. The van der Waals surface area contributed by atoms with Gasteiger partial charge in [-0.05, 0) is 49.2 Å². The number of carbonyl (C=O) groups is 1. The van der Waals surface area contributed by atoms with Crippen LogP contribution in [-0.2, 0) is 4.79 Å². The lowest BCUT2D eigenvalue weighted by atomic mass is 10.1. The summed E-state index contributed by atoms with van der Waals surface area (Å²) in [5, 5.41) is 3.59. The van der Waals surface area contributed by atoms with Crippen LogP contribution in [0.3, 0.4) is 0 Å². The maximum atomic E-state index is 12.4. The number of aromatic nitrogens is 2. The number of anilines is 3. The number of rotatable bonds is 7. The number of aryl methyl sites for hydroxylation is 1. The van der Waals surface area contributed by atoms with Gasteiger partial charge in [-0.25, -0.2) is 9.97 Å². The number of piperazine rings is 1. The third kappa shape index (κ3) is 5.57. The summed E-state index contributed by atoms with van der Waals surface area (Å²) in [5.41, 5.74) is 4.21. The van der Waals surface area contributed by atoms with Crippen molar-refractivity contribution in [3.63, 3.8) is 0 Å². The quantitative estimate of drug-likeness (QED) is 0.417. The first kappa shape index (κ1) is 22.9. The molecule has 2 aromatic carbocycles. The molecule has 1 amide bonds. The number of nitrogens with one attached hydrogen (secondary N) is 1. The zero-order valence-electron chi connectivity index (χ0n) is 19.2. The van der Waals surface area contributed by atoms with E-state index in [0.29, 0.717) is 5.16 Å². The molecule has 0 radical (unpaired) electrons. The second kappa shape index (κ2) is 10.6. The Morgan fingerprint density at radius 1 is 1.03 bits per heavy atom. The number of amides is 1. The average Bonchev–Trinajstić information content (AvgIpc) is 2.86. The van der Waals surface area contributed by atoms with Crippen LogP contribution in [0.4, 0.5) is 17.2 Å². The van der Waals surface area contributed by atoms with Crippen LogP contribution in [0.15, 0.2) is 59.9 Å². The van der Waals surface area contributed by atoms with E-state index in [1.165, 1.54) is 11.8 Å². The lowest BCUT2D eigenvalue weighted by Crippen LogP contribution is -2.47. The summed E-state index contributed by atoms with van der Waals surface area (Å²) >= 11 is 1.35. The molecule has 8 heteroatoms. The molecular formula is C25H29N5O2S. The van der Waals surface area contributed by atoms with Crippen molar-refractivity contribution in [1.82, 2.24) is 9.97 Å². The Labute approximate surface area is 199 Å². The number of carbonyl (C=O) groups excluding carboxylic acids is 1. The topological polar surface area (TPSA) is 70.6 Å². The molecule has 0 atom stereocenters. The molecule has 0 aliphatic carbocycles. The van der Waals surface area contributed by atoms with Gasteiger partial charge in [0.05, 0.1) is 18.6 Å². The Kier molecular flexibility index (Phi) is 7.34. The van der Waals surface area contributed by atoms with E-state index in [9.17, 15) is 4.79 Å². The molecule has 0 saturated carbocycles. The second-order valence-electron chi connectivity index (χ2n) is 7.93. The minimum absolute atomic E-state index is 0.0619. The highest BCUT2D eigenvalue weighted by molar-refractivity contribution is 7.99. The molecule has 0 unspecified atom stereocenters. The third-order valence-electron chi connectivity index (χ3n) is 5.86. The Balaban J connectivity index is 1.33. The van der Waals surface area contributed by atoms with Gasteiger partial charge in [0.15, 0.2) is 5.16 Å². The number of thioether (sulfide) groups is 1. The van der Waals surface area contributed by atoms with E-state index < -0.39 is 0 Å². The van der Waals surface area contributed by atoms with Crippen molar-refractivity contribution >= 4 is 34.9 Å². The van der Waals surface area contributed by atoms with E-state index in [4.69, 9.17) is 9.72 Å². The van der Waals surface area contributed by atoms with Crippen LogP contribution in [0.1, 0.15) is 11.1 Å². The molecule has 4 rings (SSSR count). The SMILES string of the molecule is COc1ccccc1N1CCN(c2ccnc(SCC(=O)Nc3cccc(C)c3C)n2)CC1. The maximum absolute atomic E-state index is 12.4. The molecule has 1 fully saturated rings. The van der Waals surface area contributed by atoms with Gasteiger partial charge < -0.3 is 19.9 Å². The highest BCUT2D eigenvalue weighted by atomic mass is 32.2. The number of nitrogens with zero attached hydrogens (tertiary/aromatic N) is 4. The molecule has 7 nitrogen and oxygen atoms in total. The highest BCUT2D eigenvalue weighted by Gasteiger charge is 2.21. The molecule has 0 bridgehead atoms. The number of benzene rings is 2. The Bertz CT molecular complexity index is 1120. The Morgan fingerprint density at radius 2 is 1.79 bits per heavy atom. The van der Waals surface area contributed by atoms with Crippen molar-refractivity contribution in [3.05, 3.63) is 65.9 Å². The summed E-state index contributed by atoms with van der Waals surface area (Å²) in [6.45, 7) is 7.52. The third-order valence-corrected chi connectivity index (χ3v) is 6.72. The van der Waals surface area contributed by atoms with Gasteiger partial charge in [0.1, 0.15) is 11.6 Å². The number of hydrogen-bond acceptors (Lipinski definition) is 7. The summed E-state index contributed by atoms with van der Waals surface area (Å²) in [6.07, 6.45) is 1.76. The van der Waals surface area contributed by atoms with Crippen LogP contribution in [0.2, 0.25) is 0 Å². The summed E-state index contributed by atoms with van der Waals surface area (Å²) in [7, 11) is 1.71. The monoisotopic (exact) mass is 463 g/mol. The Hall–Kier alpha value is -3.26. The average molecular weight is 464 g/mol. The van der Waals surface area contributed by atoms with Crippen molar-refractivity contribution in [2.45, 2.75) is 19.0 Å². The standard InChI is InChI=1S/C25H29N5O2S/c1-18-7-6-8-20(19(18)2)27-24(31)17-33-25-26-12-11-23(28-25)30-15-13-29(14-16-30)21-9-4-5-10-22(21)32-3/h4-12H,13-17H2,1-3H3,(H,27,31). The van der Waals surface area contributed by atoms with Crippen molar-refractivity contribution in [2.24, 2.45) is 0 Å². The lowest BCUT2D eigenvalue weighted by Gasteiger charge is -2.37. The summed E-state index contributed by atoms with van der Waals surface area (Å²) in [6, 6.07) is 15.9. The first-order chi connectivity index (χ1) is 16.0. The van der Waals surface area contributed by atoms with Gasteiger partial charge in [-0.1, -0.05) is 36.0 Å². The van der Waals surface area contributed by atoms with E-state index in [2.05, 4.69) is 26.2 Å². The smallest absolute Gasteiger partial charge is 0.234 e. The van der Waals surface area contributed by atoms with Gasteiger partial charge in [-0.2, -0.15) is 0 Å². The summed E-state index contributed by atoms with van der Waals surface area (Å²) in [5.74, 6) is 1.99. The molecular weight excluding hydrogens is 434 g/mol.